The van der Waals surface area contributed by atoms with Gasteiger partial charge >= 0.3 is 6.09 Å². The van der Waals surface area contributed by atoms with Gasteiger partial charge < -0.3 is 20.7 Å². The fraction of sp³-hybridized carbons (Fsp3) is 0.333. The van der Waals surface area contributed by atoms with Crippen LogP contribution >= 0.6 is 0 Å². The smallest absolute Gasteiger partial charge is 0.407 e. The van der Waals surface area contributed by atoms with Gasteiger partial charge in [0.1, 0.15) is 28.8 Å². The number of hydrogen-bond donors (Lipinski definition) is 2. The van der Waals surface area contributed by atoms with Crippen molar-refractivity contribution in [2.24, 2.45) is 11.7 Å². The van der Waals surface area contributed by atoms with Gasteiger partial charge in [-0.15, -0.1) is 0 Å². The number of amides is 1. The van der Waals surface area contributed by atoms with E-state index in [0.717, 1.165) is 23.9 Å². The molecular formula is C27H28F3N5O3. The first-order valence-electron chi connectivity index (χ1n) is 12.0. The molecule has 3 atom stereocenters. The molecule has 0 unspecified atom stereocenters. The fourth-order valence-corrected chi connectivity index (χ4v) is 4.79. The van der Waals surface area contributed by atoms with Crippen molar-refractivity contribution in [3.63, 3.8) is 0 Å². The highest BCUT2D eigenvalue weighted by molar-refractivity contribution is 5.97. The van der Waals surface area contributed by atoms with Crippen molar-refractivity contribution in [3.05, 3.63) is 77.0 Å². The molecule has 0 radical (unpaired) electrons. The highest BCUT2D eigenvalue weighted by Crippen LogP contribution is 2.30. The van der Waals surface area contributed by atoms with Crippen LogP contribution in [0, 0.1) is 30.3 Å². The molecular weight excluding hydrogens is 499 g/mol. The summed E-state index contributed by atoms with van der Waals surface area (Å²) in [5.74, 6) is -3.40. The number of piperidine rings is 1. The van der Waals surface area contributed by atoms with E-state index in [1.807, 2.05) is 11.8 Å². The lowest BCUT2D eigenvalue weighted by Gasteiger charge is -2.42. The number of Topliss-reactive ketones (excluding diaryl/α,β-unsaturated/α-hetero) is 1. The molecule has 1 saturated heterocycles. The number of pyridine rings is 2. The number of benzene rings is 1. The van der Waals surface area contributed by atoms with E-state index in [1.54, 1.807) is 18.5 Å². The number of ketones is 1. The number of anilines is 1. The maximum absolute atomic E-state index is 14.6. The second-order valence-electron chi connectivity index (χ2n) is 9.44. The first-order chi connectivity index (χ1) is 18.1. The average Bonchev–Trinajstić information content (AvgIpc) is 2.86. The van der Waals surface area contributed by atoms with Crippen molar-refractivity contribution in [2.75, 3.05) is 25.1 Å². The zero-order valence-electron chi connectivity index (χ0n) is 21.2. The van der Waals surface area contributed by atoms with E-state index in [2.05, 4.69) is 15.3 Å². The van der Waals surface area contributed by atoms with Crippen LogP contribution in [0.3, 0.4) is 0 Å². The summed E-state index contributed by atoms with van der Waals surface area (Å²) in [7, 11) is 1.29. The van der Waals surface area contributed by atoms with Gasteiger partial charge in [0.2, 0.25) is 0 Å². The molecule has 3 N–H and O–H groups in total. The van der Waals surface area contributed by atoms with Gasteiger partial charge in [-0.1, -0.05) is 6.92 Å². The van der Waals surface area contributed by atoms with Crippen molar-refractivity contribution in [3.8, 4) is 11.3 Å². The Kier molecular flexibility index (Phi) is 7.96. The highest BCUT2D eigenvalue weighted by Gasteiger charge is 2.34. The van der Waals surface area contributed by atoms with E-state index in [0.29, 0.717) is 24.2 Å². The summed E-state index contributed by atoms with van der Waals surface area (Å²) in [5, 5.41) is 2.77. The number of nitrogens with one attached hydrogen (secondary N) is 1. The summed E-state index contributed by atoms with van der Waals surface area (Å²) >= 11 is 0. The van der Waals surface area contributed by atoms with E-state index in [-0.39, 0.29) is 24.1 Å². The molecule has 200 valence electrons. The summed E-state index contributed by atoms with van der Waals surface area (Å²) in [6.07, 6.45) is 2.45. The SMILES string of the molecule is COC(=O)N[C@@H]1[C@H](N)CN(c2ccncc2CC(=O)c2ccc(F)c(-c3c(F)cc(C)cc3F)n2)C[C@@H]1C. The molecule has 1 fully saturated rings. The van der Waals surface area contributed by atoms with E-state index < -0.39 is 46.6 Å². The van der Waals surface area contributed by atoms with Gasteiger partial charge in [0.25, 0.3) is 0 Å². The lowest BCUT2D eigenvalue weighted by molar-refractivity contribution is 0.0988. The Morgan fingerprint density at radius 3 is 2.50 bits per heavy atom. The molecule has 0 aliphatic carbocycles. The predicted molar refractivity (Wildman–Crippen MR) is 135 cm³/mol. The predicted octanol–water partition coefficient (Wildman–Crippen LogP) is 3.80. The van der Waals surface area contributed by atoms with Crippen molar-refractivity contribution < 1.29 is 27.5 Å². The zero-order chi connectivity index (χ0) is 27.6. The molecule has 0 bridgehead atoms. The van der Waals surface area contributed by atoms with Crippen LogP contribution in [0.4, 0.5) is 23.7 Å². The Bertz CT molecular complexity index is 1330. The largest absolute Gasteiger partial charge is 0.453 e. The molecule has 2 aromatic heterocycles. The Balaban J connectivity index is 1.58. The molecule has 1 aliphatic rings. The van der Waals surface area contributed by atoms with Crippen molar-refractivity contribution in [2.45, 2.75) is 32.4 Å². The van der Waals surface area contributed by atoms with Gasteiger partial charge in [-0.3, -0.25) is 9.78 Å². The van der Waals surface area contributed by atoms with E-state index in [1.165, 1.54) is 20.1 Å². The molecule has 11 heteroatoms. The fourth-order valence-electron chi connectivity index (χ4n) is 4.79. The second-order valence-corrected chi connectivity index (χ2v) is 9.44. The number of aromatic nitrogens is 2. The zero-order valence-corrected chi connectivity index (χ0v) is 21.2. The third kappa shape index (κ3) is 5.62. The maximum atomic E-state index is 14.6. The Labute approximate surface area is 218 Å². The summed E-state index contributed by atoms with van der Waals surface area (Å²) in [5.41, 5.74) is 6.66. The van der Waals surface area contributed by atoms with Gasteiger partial charge in [-0.05, 0) is 48.7 Å². The van der Waals surface area contributed by atoms with Crippen LogP contribution in [0.2, 0.25) is 0 Å². The summed E-state index contributed by atoms with van der Waals surface area (Å²) in [6, 6.07) is 5.36. The molecule has 1 amide bonds. The normalized spacial score (nSPS) is 19.2. The van der Waals surface area contributed by atoms with Gasteiger partial charge in [0, 0.05) is 49.2 Å². The lowest BCUT2D eigenvalue weighted by Crippen LogP contribution is -2.62. The molecule has 1 aromatic carbocycles. The third-order valence-corrected chi connectivity index (χ3v) is 6.61. The summed E-state index contributed by atoms with van der Waals surface area (Å²) in [4.78, 5) is 35.0. The minimum Gasteiger partial charge on any atom is -0.453 e. The van der Waals surface area contributed by atoms with Gasteiger partial charge in [0.05, 0.1) is 18.7 Å². The minimum absolute atomic E-state index is 0.0322. The number of carbonyl (C=O) groups excluding carboxylic acids is 2. The molecule has 3 heterocycles. The van der Waals surface area contributed by atoms with E-state index >= 15 is 0 Å². The molecule has 38 heavy (non-hydrogen) atoms. The Morgan fingerprint density at radius 1 is 1.13 bits per heavy atom. The number of carbonyl (C=O) groups is 2. The minimum atomic E-state index is -0.969. The molecule has 4 rings (SSSR count). The van der Waals surface area contributed by atoms with E-state index in [4.69, 9.17) is 10.5 Å². The number of hydrogen-bond acceptors (Lipinski definition) is 7. The van der Waals surface area contributed by atoms with Crippen LogP contribution in [0.15, 0.2) is 42.7 Å². The first kappa shape index (κ1) is 27.1. The number of ether oxygens (including phenoxy) is 1. The monoisotopic (exact) mass is 527 g/mol. The topological polar surface area (TPSA) is 110 Å². The quantitative estimate of drug-likeness (QED) is 0.469. The van der Waals surface area contributed by atoms with Gasteiger partial charge in [-0.2, -0.15) is 0 Å². The third-order valence-electron chi connectivity index (χ3n) is 6.61. The average molecular weight is 528 g/mol. The molecule has 8 nitrogen and oxygen atoms in total. The summed E-state index contributed by atoms with van der Waals surface area (Å²) in [6.45, 7) is 4.40. The number of halogens is 3. The van der Waals surface area contributed by atoms with Crippen LogP contribution in [0.25, 0.3) is 11.3 Å². The van der Waals surface area contributed by atoms with Crippen molar-refractivity contribution in [1.82, 2.24) is 15.3 Å². The number of nitrogens with zero attached hydrogens (tertiary/aromatic N) is 3. The molecule has 0 spiro atoms. The second kappa shape index (κ2) is 11.2. The number of alkyl carbamates (subject to hydrolysis) is 1. The molecule has 3 aromatic rings. The first-order valence-corrected chi connectivity index (χ1v) is 12.0. The highest BCUT2D eigenvalue weighted by atomic mass is 19.1. The van der Waals surface area contributed by atoms with E-state index in [9.17, 15) is 22.8 Å². The lowest BCUT2D eigenvalue weighted by atomic mass is 9.89. The van der Waals surface area contributed by atoms with Gasteiger partial charge in [0.15, 0.2) is 5.78 Å². The standard InChI is InChI=1S/C27H28F3N5O3/c1-14-8-18(29)24(19(30)9-14)26-17(28)4-5-21(33-26)23(36)10-16-11-32-7-6-22(16)35-12-15(2)25(20(31)13-35)34-27(37)38-3/h4-9,11,15,20,25H,10,12-13,31H2,1-3H3,(H,34,37)/t15-,20+,25-/m0/s1. The summed E-state index contributed by atoms with van der Waals surface area (Å²) < 4.78 is 48.3. The van der Waals surface area contributed by atoms with Crippen LogP contribution < -0.4 is 16.0 Å². The number of aryl methyl sites for hydroxylation is 1. The number of methoxy groups -OCH3 is 1. The van der Waals surface area contributed by atoms with Crippen LogP contribution in [0.1, 0.15) is 28.5 Å². The van der Waals surface area contributed by atoms with Crippen molar-refractivity contribution >= 4 is 17.6 Å². The number of nitrogens with two attached hydrogens (primary N) is 1. The van der Waals surface area contributed by atoms with Crippen molar-refractivity contribution in [1.29, 1.82) is 0 Å². The van der Waals surface area contributed by atoms with Gasteiger partial charge in [-0.25, -0.2) is 22.9 Å². The number of rotatable bonds is 6. The Morgan fingerprint density at radius 2 is 1.84 bits per heavy atom. The van der Waals surface area contributed by atoms with Crippen LogP contribution in [-0.2, 0) is 11.2 Å². The maximum Gasteiger partial charge on any atom is 0.407 e. The molecule has 0 saturated carbocycles. The van der Waals surface area contributed by atoms with Crippen LogP contribution in [-0.4, -0.2) is 54.1 Å². The molecule has 1 aliphatic heterocycles. The van der Waals surface area contributed by atoms with Crippen LogP contribution in [0.5, 0.6) is 0 Å². The Hall–Kier alpha value is -3.99.